The maximum Gasteiger partial charge on any atom is 0.355 e. The number of rotatable bonds is 5. The van der Waals surface area contributed by atoms with Crippen molar-refractivity contribution in [1.29, 1.82) is 10.5 Å². The topological polar surface area (TPSA) is 78.8 Å². The number of hydrogen-bond acceptors (Lipinski definition) is 4. The molecule has 1 heterocycles. The lowest BCUT2D eigenvalue weighted by Crippen LogP contribution is -2.13. The molecule has 31 heavy (non-hydrogen) atoms. The van der Waals surface area contributed by atoms with E-state index in [9.17, 15) is 10.1 Å². The summed E-state index contributed by atoms with van der Waals surface area (Å²) in [5.74, 6) is -0.436. The van der Waals surface area contributed by atoms with Crippen LogP contribution < -0.4 is 0 Å². The molecule has 0 aliphatic carbocycles. The maximum atomic E-state index is 13.0. The summed E-state index contributed by atoms with van der Waals surface area (Å²) in [5.41, 5.74) is 5.23. The fourth-order valence-corrected chi connectivity index (χ4v) is 3.65. The number of esters is 1. The van der Waals surface area contributed by atoms with Gasteiger partial charge in [0.05, 0.1) is 23.3 Å². The number of aromatic nitrogens is 1. The lowest BCUT2D eigenvalue weighted by Gasteiger charge is -2.12. The molecule has 4 aromatic rings. The molecule has 150 valence electrons. The van der Waals surface area contributed by atoms with Crippen LogP contribution in [0, 0.1) is 29.6 Å². The molecule has 0 amide bonds. The molecule has 0 aliphatic rings. The summed E-state index contributed by atoms with van der Waals surface area (Å²) in [4.78, 5) is 13.0. The van der Waals surface area contributed by atoms with Crippen LogP contribution in [0.5, 0.6) is 0 Å². The monoisotopic (exact) mass is 405 g/mol. The van der Waals surface area contributed by atoms with E-state index in [0.29, 0.717) is 23.4 Å². The van der Waals surface area contributed by atoms with Crippen molar-refractivity contribution in [3.8, 4) is 12.1 Å². The van der Waals surface area contributed by atoms with Gasteiger partial charge in [0.2, 0.25) is 0 Å². The minimum absolute atomic E-state index is 0.0821. The molecule has 0 radical (unpaired) electrons. The molecule has 0 N–H and O–H groups in total. The van der Waals surface area contributed by atoms with Crippen molar-refractivity contribution in [2.75, 3.05) is 0 Å². The quantitative estimate of drug-likeness (QED) is 0.433. The first-order chi connectivity index (χ1) is 15.1. The van der Waals surface area contributed by atoms with E-state index in [2.05, 4.69) is 12.1 Å². The average molecular weight is 405 g/mol. The van der Waals surface area contributed by atoms with Gasteiger partial charge in [0.15, 0.2) is 0 Å². The molecular formula is C26H19N3O2. The predicted molar refractivity (Wildman–Crippen MR) is 117 cm³/mol. The third-order valence-corrected chi connectivity index (χ3v) is 5.20. The van der Waals surface area contributed by atoms with E-state index in [-0.39, 0.29) is 6.61 Å². The number of nitriles is 2. The molecule has 0 atom stereocenters. The summed E-state index contributed by atoms with van der Waals surface area (Å²) in [6.45, 7) is 2.53. The van der Waals surface area contributed by atoms with E-state index < -0.39 is 5.97 Å². The van der Waals surface area contributed by atoms with E-state index in [1.807, 2.05) is 60.0 Å². The van der Waals surface area contributed by atoms with Crippen molar-refractivity contribution in [1.82, 2.24) is 4.57 Å². The minimum Gasteiger partial charge on any atom is -0.456 e. The van der Waals surface area contributed by atoms with E-state index in [4.69, 9.17) is 10.00 Å². The Balaban J connectivity index is 1.68. The lowest BCUT2D eigenvalue weighted by molar-refractivity contribution is 0.0461. The molecule has 5 heteroatoms. The highest BCUT2D eigenvalue weighted by Crippen LogP contribution is 2.25. The Kier molecular flexibility index (Phi) is 5.51. The minimum atomic E-state index is -0.436. The van der Waals surface area contributed by atoms with Crippen LogP contribution in [0.4, 0.5) is 0 Å². The number of fused-ring (bicyclic) bond motifs is 1. The van der Waals surface area contributed by atoms with Crippen LogP contribution in [0.15, 0.2) is 72.8 Å². The van der Waals surface area contributed by atoms with Crippen LogP contribution in [-0.4, -0.2) is 10.5 Å². The number of carbonyl (C=O) groups is 1. The Morgan fingerprint density at radius 2 is 1.55 bits per heavy atom. The van der Waals surface area contributed by atoms with Crippen molar-refractivity contribution in [2.24, 2.45) is 0 Å². The zero-order valence-electron chi connectivity index (χ0n) is 17.0. The van der Waals surface area contributed by atoms with E-state index in [1.165, 1.54) is 0 Å². The number of ether oxygens (including phenoxy) is 1. The molecular weight excluding hydrogens is 386 g/mol. The third kappa shape index (κ3) is 4.17. The molecule has 5 nitrogen and oxygen atoms in total. The molecule has 0 saturated carbocycles. The standard InChI is InChI=1S/C26H19N3O2/c1-18-5-2-10-24-23(18)13-25(29(24)16-21-8-3-6-19(11-21)14-27)26(30)31-17-22-9-4-7-20(12-22)15-28/h2-13H,16-17H2,1H3. The summed E-state index contributed by atoms with van der Waals surface area (Å²) in [7, 11) is 0. The molecule has 0 saturated heterocycles. The largest absolute Gasteiger partial charge is 0.456 e. The van der Waals surface area contributed by atoms with Gasteiger partial charge < -0.3 is 9.30 Å². The Labute approximate surface area is 180 Å². The van der Waals surface area contributed by atoms with Gasteiger partial charge in [-0.3, -0.25) is 0 Å². The first-order valence-electron chi connectivity index (χ1n) is 9.83. The van der Waals surface area contributed by atoms with Gasteiger partial charge >= 0.3 is 5.97 Å². The van der Waals surface area contributed by atoms with Crippen molar-refractivity contribution in [3.63, 3.8) is 0 Å². The van der Waals surface area contributed by atoms with Gasteiger partial charge in [0.25, 0.3) is 0 Å². The summed E-state index contributed by atoms with van der Waals surface area (Å²) in [6, 6.07) is 26.4. The molecule has 0 fully saturated rings. The number of aryl methyl sites for hydroxylation is 1. The summed E-state index contributed by atoms with van der Waals surface area (Å²) >= 11 is 0. The average Bonchev–Trinajstić information content (AvgIpc) is 3.17. The first kappa shape index (κ1) is 19.9. The highest BCUT2D eigenvalue weighted by atomic mass is 16.5. The molecule has 0 spiro atoms. The Morgan fingerprint density at radius 1 is 0.903 bits per heavy atom. The maximum absolute atomic E-state index is 13.0. The van der Waals surface area contributed by atoms with E-state index in [0.717, 1.165) is 27.6 Å². The second kappa shape index (κ2) is 8.57. The van der Waals surface area contributed by atoms with Crippen molar-refractivity contribution in [3.05, 3.63) is 106 Å². The zero-order valence-corrected chi connectivity index (χ0v) is 17.0. The second-order valence-electron chi connectivity index (χ2n) is 7.32. The number of benzene rings is 3. The van der Waals surface area contributed by atoms with Gasteiger partial charge in [-0.15, -0.1) is 0 Å². The van der Waals surface area contributed by atoms with Gasteiger partial charge in [0.1, 0.15) is 12.3 Å². The van der Waals surface area contributed by atoms with Crippen molar-refractivity contribution < 1.29 is 9.53 Å². The van der Waals surface area contributed by atoms with E-state index in [1.54, 1.807) is 24.3 Å². The van der Waals surface area contributed by atoms with Gasteiger partial charge in [-0.05, 0) is 60.0 Å². The molecule has 0 aliphatic heterocycles. The molecule has 1 aromatic heterocycles. The molecule has 0 bridgehead atoms. The van der Waals surface area contributed by atoms with Crippen LogP contribution in [0.25, 0.3) is 10.9 Å². The smallest absolute Gasteiger partial charge is 0.355 e. The summed E-state index contributed by atoms with van der Waals surface area (Å²) in [6.07, 6.45) is 0. The molecule has 3 aromatic carbocycles. The highest BCUT2D eigenvalue weighted by molar-refractivity contribution is 5.96. The number of hydrogen-bond donors (Lipinski definition) is 0. The van der Waals surface area contributed by atoms with Gasteiger partial charge in [-0.25, -0.2) is 4.79 Å². The predicted octanol–water partition coefficient (Wildman–Crippen LogP) is 5.10. The fourth-order valence-electron chi connectivity index (χ4n) is 3.65. The lowest BCUT2D eigenvalue weighted by atomic mass is 10.1. The van der Waals surface area contributed by atoms with Gasteiger partial charge in [-0.1, -0.05) is 36.4 Å². The Bertz CT molecular complexity index is 1370. The Morgan fingerprint density at radius 3 is 2.26 bits per heavy atom. The van der Waals surface area contributed by atoms with Crippen molar-refractivity contribution in [2.45, 2.75) is 20.1 Å². The summed E-state index contributed by atoms with van der Waals surface area (Å²) < 4.78 is 7.51. The highest BCUT2D eigenvalue weighted by Gasteiger charge is 2.18. The SMILES string of the molecule is Cc1cccc2c1cc(C(=O)OCc1cccc(C#N)c1)n2Cc1cccc(C#N)c1. The van der Waals surface area contributed by atoms with Gasteiger partial charge in [0, 0.05) is 17.4 Å². The van der Waals surface area contributed by atoms with Gasteiger partial charge in [-0.2, -0.15) is 10.5 Å². The van der Waals surface area contributed by atoms with Crippen LogP contribution in [0.2, 0.25) is 0 Å². The number of carbonyl (C=O) groups excluding carboxylic acids is 1. The van der Waals surface area contributed by atoms with Crippen molar-refractivity contribution >= 4 is 16.9 Å². The first-order valence-corrected chi connectivity index (χ1v) is 9.83. The van der Waals surface area contributed by atoms with Crippen LogP contribution in [-0.2, 0) is 17.9 Å². The Hall–Kier alpha value is -4.35. The van der Waals surface area contributed by atoms with Crippen LogP contribution in [0.3, 0.4) is 0 Å². The fraction of sp³-hybridized carbons (Fsp3) is 0.115. The molecule has 0 unspecified atom stereocenters. The van der Waals surface area contributed by atoms with Crippen LogP contribution >= 0.6 is 0 Å². The molecule has 4 rings (SSSR count). The summed E-state index contributed by atoms with van der Waals surface area (Å²) in [5, 5.41) is 19.2. The van der Waals surface area contributed by atoms with E-state index >= 15 is 0 Å². The van der Waals surface area contributed by atoms with Crippen LogP contribution in [0.1, 0.15) is 38.3 Å². The zero-order chi connectivity index (χ0) is 21.8. The normalized spacial score (nSPS) is 10.4. The number of nitrogens with zero attached hydrogens (tertiary/aromatic N) is 3. The second-order valence-corrected chi connectivity index (χ2v) is 7.32. The third-order valence-electron chi connectivity index (χ3n) is 5.20.